The van der Waals surface area contributed by atoms with Gasteiger partial charge in [0.05, 0.1) is 77.8 Å². The topological polar surface area (TPSA) is 316 Å². The van der Waals surface area contributed by atoms with Gasteiger partial charge in [0.25, 0.3) is 0 Å². The SMILES string of the molecule is CC#CC#CC#C[C@H](CCOC[C@H](COP(=O)(O)OCCNC(=O)NCCOP(=O)(O)OC[C@@H](COCC[C@@H](CCCCCCC)OC(=O)CCCCCCCCCCC)NC(=O)CC(=O)CCCCCCCCCCC)NC(=O)CC(=O)CCCCCCCCCCC)OC(=O)CCCCCCCCCCC. The van der Waals surface area contributed by atoms with E-state index in [9.17, 15) is 52.5 Å². The normalized spacial score (nSPS) is 13.3. The van der Waals surface area contributed by atoms with Gasteiger partial charge >= 0.3 is 33.6 Å². The van der Waals surface area contributed by atoms with Gasteiger partial charge in [-0.15, -0.1) is 0 Å². The molecule has 2 unspecified atom stereocenters. The standard InChI is InChI=1S/C83H148N4O19P2/c1-7-13-19-25-29-33-37-43-47-53-75(88)67-79(90)86-73(69-99-63-59-77(55-49-41-23-17-11-5)105-81(92)57-51-45-39-35-31-27-21-15-9-3)71-103-107(95,96)101-65-61-84-83(94)85-62-66-102-108(97,98)104-72-74(87-80(91)68-76(89)54-48-44-38-34-30-26-20-14-8-2)70-100-64-60-78(56-50-42-24-18-12-6)106-82(93)58-52-46-40-36-32-28-22-16-10-4/h73-74,77-78H,7-11,13-17,19-23,25-41,43-49,51-55,57-72H2,1-6H3,(H,86,90)(H,87,91)(H,95,96)(H,97,98)(H2,84,85,94)/t73-,74-,77-,78-/m1/s1. The predicted octanol–water partition coefficient (Wildman–Crippen LogP) is 18.2. The number of carbonyl (C=O) groups excluding carboxylic acids is 7. The number of rotatable bonds is 78. The van der Waals surface area contributed by atoms with Crippen LogP contribution in [0.4, 0.5) is 4.79 Å². The van der Waals surface area contributed by atoms with E-state index in [-0.39, 0.29) is 95.3 Å². The van der Waals surface area contributed by atoms with Crippen LogP contribution in [-0.2, 0) is 74.9 Å². The molecule has 0 heterocycles. The summed E-state index contributed by atoms with van der Waals surface area (Å²) < 4.78 is 70.7. The Labute approximate surface area is 653 Å². The van der Waals surface area contributed by atoms with Crippen molar-refractivity contribution >= 4 is 57.0 Å². The van der Waals surface area contributed by atoms with Crippen molar-refractivity contribution in [2.75, 3.05) is 65.9 Å². The van der Waals surface area contributed by atoms with E-state index < -0.39 is 90.5 Å². The number of ketones is 2. The van der Waals surface area contributed by atoms with Crippen molar-refractivity contribution in [2.45, 2.75) is 387 Å². The van der Waals surface area contributed by atoms with Crippen LogP contribution in [0.5, 0.6) is 0 Å². The summed E-state index contributed by atoms with van der Waals surface area (Å²) in [5, 5.41) is 10.2. The molecule has 4 amide bonds. The monoisotopic (exact) mass is 1570 g/mol. The van der Waals surface area contributed by atoms with E-state index >= 15 is 0 Å². The first-order valence-electron chi connectivity index (χ1n) is 42.2. The number of phosphoric ester groups is 2. The van der Waals surface area contributed by atoms with Gasteiger partial charge in [-0.2, -0.15) is 0 Å². The Kier molecular flexibility index (Phi) is 71.8. The summed E-state index contributed by atoms with van der Waals surface area (Å²) in [5.74, 6) is 13.6. The van der Waals surface area contributed by atoms with Crippen molar-refractivity contribution < 1.29 is 89.5 Å². The van der Waals surface area contributed by atoms with E-state index in [1.54, 1.807) is 6.92 Å². The van der Waals surface area contributed by atoms with Crippen molar-refractivity contribution in [3.05, 3.63) is 0 Å². The molecule has 0 rings (SSSR count). The molecule has 0 aliphatic heterocycles. The molecule has 624 valence electrons. The number of esters is 2. The Hall–Kier alpha value is -4.69. The average molecular weight is 1570 g/mol. The number of carbonyl (C=O) groups is 7. The minimum Gasteiger partial charge on any atom is -0.462 e. The van der Waals surface area contributed by atoms with Crippen molar-refractivity contribution in [1.82, 2.24) is 21.3 Å². The van der Waals surface area contributed by atoms with E-state index in [1.807, 2.05) is 0 Å². The maximum atomic E-state index is 13.3. The van der Waals surface area contributed by atoms with Crippen LogP contribution in [0.1, 0.15) is 363 Å². The van der Waals surface area contributed by atoms with Crippen LogP contribution in [-0.4, -0.2) is 141 Å². The lowest BCUT2D eigenvalue weighted by Gasteiger charge is -2.22. The molecule has 0 fully saturated rings. The second-order valence-electron chi connectivity index (χ2n) is 28.6. The fourth-order valence-electron chi connectivity index (χ4n) is 11.9. The zero-order chi connectivity index (χ0) is 79.5. The largest absolute Gasteiger partial charge is 0.472 e. The summed E-state index contributed by atoms with van der Waals surface area (Å²) in [6.45, 7) is 9.51. The molecular formula is C83H148N4O19P2. The van der Waals surface area contributed by atoms with Crippen LogP contribution < -0.4 is 21.3 Å². The molecule has 23 nitrogen and oxygen atoms in total. The molecule has 108 heavy (non-hydrogen) atoms. The number of hydrogen-bond donors (Lipinski definition) is 6. The lowest BCUT2D eigenvalue weighted by molar-refractivity contribution is -0.151. The summed E-state index contributed by atoms with van der Waals surface area (Å²) in [4.78, 5) is 112. The van der Waals surface area contributed by atoms with Gasteiger partial charge in [-0.05, 0) is 75.1 Å². The van der Waals surface area contributed by atoms with Crippen LogP contribution in [0.2, 0.25) is 0 Å². The van der Waals surface area contributed by atoms with Crippen LogP contribution in [0.15, 0.2) is 0 Å². The molecule has 6 N–H and O–H groups in total. The molecule has 0 aliphatic rings. The molecule has 0 aromatic rings. The maximum Gasteiger partial charge on any atom is 0.472 e. The zero-order valence-corrected chi connectivity index (χ0v) is 69.8. The number of ether oxygens (including phenoxy) is 4. The maximum absolute atomic E-state index is 13.3. The molecule has 0 bridgehead atoms. The van der Waals surface area contributed by atoms with Gasteiger partial charge in [0.15, 0.2) is 6.10 Å². The first kappa shape index (κ1) is 103. The summed E-state index contributed by atoms with van der Waals surface area (Å²) in [6, 6.07) is -2.83. The molecule has 25 heteroatoms. The number of unbranched alkanes of at least 4 members (excludes halogenated alkanes) is 36. The first-order chi connectivity index (χ1) is 52.3. The van der Waals surface area contributed by atoms with Crippen LogP contribution in [0.3, 0.4) is 0 Å². The summed E-state index contributed by atoms with van der Waals surface area (Å²) in [7, 11) is -9.65. The van der Waals surface area contributed by atoms with Gasteiger partial charge in [0.1, 0.15) is 17.7 Å². The minimum absolute atomic E-state index is 0.0261. The number of urea groups is 1. The third-order valence-corrected chi connectivity index (χ3v) is 20.2. The number of phosphoric acid groups is 2. The molecular weight excluding hydrogens is 1420 g/mol. The number of Topliss-reactive ketones (excluding diaryl/α,β-unsaturated/α-hetero) is 2. The van der Waals surface area contributed by atoms with Crippen molar-refractivity contribution in [1.29, 1.82) is 0 Å². The number of hydrogen-bond acceptors (Lipinski definition) is 17. The molecule has 0 saturated heterocycles. The lowest BCUT2D eigenvalue weighted by Crippen LogP contribution is -2.42. The Morgan fingerprint density at radius 1 is 0.361 bits per heavy atom. The van der Waals surface area contributed by atoms with Crippen molar-refractivity contribution in [3.8, 4) is 35.5 Å². The van der Waals surface area contributed by atoms with Crippen LogP contribution in [0, 0.1) is 35.5 Å². The number of amides is 4. The second kappa shape index (κ2) is 75.0. The predicted molar refractivity (Wildman–Crippen MR) is 428 cm³/mol. The molecule has 0 aromatic carbocycles. The highest BCUT2D eigenvalue weighted by Gasteiger charge is 2.28. The van der Waals surface area contributed by atoms with E-state index in [4.69, 9.17) is 37.0 Å². The summed E-state index contributed by atoms with van der Waals surface area (Å²) in [6.07, 6.45) is 44.7. The van der Waals surface area contributed by atoms with E-state index in [2.05, 4.69) is 91.4 Å². The van der Waals surface area contributed by atoms with Gasteiger partial charge in [-0.25, -0.2) is 13.9 Å². The second-order valence-corrected chi connectivity index (χ2v) is 31.5. The Morgan fingerprint density at radius 3 is 1.07 bits per heavy atom. The minimum atomic E-state index is -4.84. The van der Waals surface area contributed by atoms with E-state index in [0.29, 0.717) is 38.5 Å². The van der Waals surface area contributed by atoms with Crippen LogP contribution >= 0.6 is 15.6 Å². The smallest absolute Gasteiger partial charge is 0.462 e. The van der Waals surface area contributed by atoms with Crippen LogP contribution in [0.25, 0.3) is 0 Å². The van der Waals surface area contributed by atoms with Gasteiger partial charge in [-0.3, -0.25) is 46.9 Å². The van der Waals surface area contributed by atoms with Gasteiger partial charge in [0, 0.05) is 51.6 Å². The van der Waals surface area contributed by atoms with Crippen molar-refractivity contribution in [3.63, 3.8) is 0 Å². The third-order valence-electron chi connectivity index (χ3n) is 18.2. The average Bonchev–Trinajstić information content (AvgIpc) is 0.915. The molecule has 0 aliphatic carbocycles. The highest BCUT2D eigenvalue weighted by molar-refractivity contribution is 7.47. The molecule has 0 spiro atoms. The first-order valence-corrected chi connectivity index (χ1v) is 45.1. The highest BCUT2D eigenvalue weighted by Crippen LogP contribution is 2.44. The molecule has 6 atom stereocenters. The van der Waals surface area contributed by atoms with Crippen molar-refractivity contribution in [2.24, 2.45) is 0 Å². The number of nitrogens with one attached hydrogen (secondary N) is 4. The summed E-state index contributed by atoms with van der Waals surface area (Å²) in [5.41, 5.74) is 0. The zero-order valence-electron chi connectivity index (χ0n) is 68.0. The fourth-order valence-corrected chi connectivity index (χ4v) is 13.4. The van der Waals surface area contributed by atoms with Gasteiger partial charge in [-0.1, -0.05) is 272 Å². The van der Waals surface area contributed by atoms with Gasteiger partial charge in [0.2, 0.25) is 11.8 Å². The summed E-state index contributed by atoms with van der Waals surface area (Å²) >= 11 is 0. The Morgan fingerprint density at radius 2 is 0.694 bits per heavy atom. The fraction of sp³-hybridized carbons (Fsp3) is 0.843. The lowest BCUT2D eigenvalue weighted by atomic mass is 10.0. The van der Waals surface area contributed by atoms with E-state index in [0.717, 1.165) is 122 Å². The Bertz CT molecular complexity index is 2600. The molecule has 0 radical (unpaired) electrons. The Balaban J connectivity index is 5.72. The molecule has 0 aromatic heterocycles. The van der Waals surface area contributed by atoms with E-state index in [1.165, 1.54) is 122 Å². The molecule has 0 saturated carbocycles. The highest BCUT2D eigenvalue weighted by atomic mass is 31.2. The third kappa shape index (κ3) is 71.6. The van der Waals surface area contributed by atoms with Gasteiger partial charge < -0.3 is 50.0 Å². The quantitative estimate of drug-likeness (QED) is 0.0108.